The molecular formula is C17H15As2NO2S4. The van der Waals surface area contributed by atoms with E-state index in [2.05, 4.69) is 32.7 Å². The molecule has 5 rings (SSSR count). The molecule has 3 heterocycles. The molecule has 3 nitrogen and oxygen atoms in total. The van der Waals surface area contributed by atoms with Crippen LogP contribution in [0.15, 0.2) is 29.3 Å². The maximum atomic E-state index is 10.6. The molecule has 3 aliphatic rings. The third-order valence-electron chi connectivity index (χ3n) is 4.09. The Hall–Kier alpha value is 0.227. The predicted molar refractivity (Wildman–Crippen MR) is 121 cm³/mol. The number of fused-ring (bicyclic) bond motifs is 2. The molecule has 0 aromatic heterocycles. The van der Waals surface area contributed by atoms with E-state index in [0.717, 1.165) is 32.1 Å². The van der Waals surface area contributed by atoms with E-state index in [1.54, 1.807) is 6.07 Å². The Morgan fingerprint density at radius 2 is 1.54 bits per heavy atom. The summed E-state index contributed by atoms with van der Waals surface area (Å²) in [5, 5.41) is 12.6. The first kappa shape index (κ1) is 18.3. The topological polar surface area (TPSA) is 41.8 Å². The Kier molecular flexibility index (Phi) is 5.32. The second-order valence-corrected chi connectivity index (χ2v) is 29.0. The molecule has 0 atom stereocenters. The molecule has 0 bridgehead atoms. The van der Waals surface area contributed by atoms with Crippen LogP contribution in [0.3, 0.4) is 0 Å². The van der Waals surface area contributed by atoms with Gasteiger partial charge in [0.25, 0.3) is 0 Å². The first-order valence-electron chi connectivity index (χ1n) is 8.09. The van der Waals surface area contributed by atoms with Gasteiger partial charge in [-0.05, 0) is 0 Å². The van der Waals surface area contributed by atoms with Gasteiger partial charge in [-0.15, -0.1) is 0 Å². The van der Waals surface area contributed by atoms with Gasteiger partial charge in [0.15, 0.2) is 0 Å². The van der Waals surface area contributed by atoms with Gasteiger partial charge in [-0.25, -0.2) is 0 Å². The van der Waals surface area contributed by atoms with E-state index in [-0.39, 0.29) is 0 Å². The van der Waals surface area contributed by atoms with Crippen molar-refractivity contribution in [2.75, 3.05) is 23.0 Å². The van der Waals surface area contributed by atoms with Crippen LogP contribution in [0, 0.1) is 0 Å². The molecule has 0 aliphatic carbocycles. The Morgan fingerprint density at radius 1 is 0.885 bits per heavy atom. The summed E-state index contributed by atoms with van der Waals surface area (Å²) in [6.07, 6.45) is 0. The minimum atomic E-state index is -1.41. The fraction of sp³-hybridized carbons (Fsp3) is 0.235. The van der Waals surface area contributed by atoms with Gasteiger partial charge in [-0.1, -0.05) is 0 Å². The van der Waals surface area contributed by atoms with Gasteiger partial charge in [0.2, 0.25) is 0 Å². The number of nitrogens with zero attached hydrogens (tertiary/aromatic N) is 1. The number of rotatable bonds is 2. The average Bonchev–Trinajstić information content (AvgIpc) is 3.34. The fourth-order valence-electron chi connectivity index (χ4n) is 2.95. The van der Waals surface area contributed by atoms with Crippen molar-refractivity contribution in [3.8, 4) is 17.2 Å². The monoisotopic (exact) mass is 543 g/mol. The summed E-state index contributed by atoms with van der Waals surface area (Å²) >= 11 is -2.67. The molecule has 0 unspecified atom stereocenters. The standard InChI is InChI=1S/C17H15As2NO2S4/c1-10-2-3-11-16(14(10)18-23-6-7-24-18)22-17-12(20-11)4-5-13(21)15(17)19-25-8-9-26-19/h2-5,21H,1,6-9H2. The summed E-state index contributed by atoms with van der Waals surface area (Å²) in [7, 11) is 8.21. The molecule has 2 aromatic rings. The summed E-state index contributed by atoms with van der Waals surface area (Å²) in [6.45, 7) is 4.29. The zero-order chi connectivity index (χ0) is 17.7. The van der Waals surface area contributed by atoms with E-state index in [4.69, 9.17) is 9.73 Å². The maximum absolute atomic E-state index is 10.6. The number of phenolic OH excluding ortho intramolecular Hbond substituents is 1. The Morgan fingerprint density at radius 3 is 2.23 bits per heavy atom. The Labute approximate surface area is 174 Å². The summed E-state index contributed by atoms with van der Waals surface area (Å²) < 4.78 is 8.89. The molecule has 0 amide bonds. The quantitative estimate of drug-likeness (QED) is 0.501. The molecule has 2 fully saturated rings. The van der Waals surface area contributed by atoms with Crippen LogP contribution in [0.5, 0.6) is 17.2 Å². The zero-order valence-electron chi connectivity index (χ0n) is 13.7. The van der Waals surface area contributed by atoms with E-state index in [1.807, 2.05) is 32.2 Å². The number of hydrogen-bond donors (Lipinski definition) is 1. The van der Waals surface area contributed by atoms with Gasteiger partial charge >= 0.3 is 176 Å². The zero-order valence-corrected chi connectivity index (χ0v) is 20.7. The molecule has 26 heavy (non-hydrogen) atoms. The first-order chi connectivity index (χ1) is 12.7. The SMILES string of the molecule is C=c1ccc2c(c1[As]1SCCS1)Oc1c(ccc(O)c1[As]1SCCS1)N=2. The number of phenols is 1. The van der Waals surface area contributed by atoms with E-state index >= 15 is 0 Å². The Bertz CT molecular complexity index is 991. The second-order valence-electron chi connectivity index (χ2n) is 5.76. The van der Waals surface area contributed by atoms with Crippen LogP contribution in [-0.4, -0.2) is 52.8 Å². The van der Waals surface area contributed by atoms with E-state index in [9.17, 15) is 5.11 Å². The van der Waals surface area contributed by atoms with Crippen LogP contribution >= 0.6 is 40.1 Å². The van der Waals surface area contributed by atoms with Crippen molar-refractivity contribution >= 4 is 85.7 Å². The molecule has 2 aromatic carbocycles. The molecule has 0 saturated carbocycles. The van der Waals surface area contributed by atoms with Crippen LogP contribution < -0.4 is 24.0 Å². The van der Waals surface area contributed by atoms with Gasteiger partial charge in [-0.2, -0.15) is 0 Å². The molecule has 1 N–H and O–H groups in total. The predicted octanol–water partition coefficient (Wildman–Crippen LogP) is 2.21. The summed E-state index contributed by atoms with van der Waals surface area (Å²) in [5.74, 6) is 6.85. The molecular weight excluding hydrogens is 528 g/mol. The number of ether oxygens (including phenoxy) is 1. The minimum absolute atomic E-state index is 0.374. The number of aromatic hydroxyl groups is 1. The van der Waals surface area contributed by atoms with Crippen molar-refractivity contribution in [1.82, 2.24) is 0 Å². The van der Waals surface area contributed by atoms with Crippen molar-refractivity contribution in [3.63, 3.8) is 0 Å². The first-order valence-corrected chi connectivity index (χ1v) is 22.9. The van der Waals surface area contributed by atoms with Gasteiger partial charge in [0.1, 0.15) is 0 Å². The molecule has 134 valence electrons. The summed E-state index contributed by atoms with van der Waals surface area (Å²) in [5.41, 5.74) is 0.852. The Balaban J connectivity index is 1.70. The third kappa shape index (κ3) is 3.17. The van der Waals surface area contributed by atoms with Crippen LogP contribution in [0.25, 0.3) is 6.58 Å². The average molecular weight is 543 g/mol. The van der Waals surface area contributed by atoms with Crippen LogP contribution in [0.1, 0.15) is 0 Å². The van der Waals surface area contributed by atoms with Crippen LogP contribution in [0.2, 0.25) is 0 Å². The second kappa shape index (κ2) is 7.57. The molecule has 0 radical (unpaired) electrons. The van der Waals surface area contributed by atoms with E-state index < -0.39 is 24.7 Å². The van der Waals surface area contributed by atoms with E-state index in [1.165, 1.54) is 27.4 Å². The summed E-state index contributed by atoms with van der Waals surface area (Å²) in [6, 6.07) is 7.77. The number of benzene rings is 2. The van der Waals surface area contributed by atoms with Crippen molar-refractivity contribution in [1.29, 1.82) is 0 Å². The van der Waals surface area contributed by atoms with Crippen molar-refractivity contribution in [2.45, 2.75) is 0 Å². The van der Waals surface area contributed by atoms with Gasteiger partial charge in [0.05, 0.1) is 0 Å². The third-order valence-corrected chi connectivity index (χ3v) is 31.4. The van der Waals surface area contributed by atoms with Gasteiger partial charge in [0, 0.05) is 0 Å². The van der Waals surface area contributed by atoms with Crippen molar-refractivity contribution in [3.05, 3.63) is 34.8 Å². The molecule has 2 saturated heterocycles. The normalized spacial score (nSPS) is 19.7. The fourth-order valence-corrected chi connectivity index (χ4v) is 32.9. The van der Waals surface area contributed by atoms with Gasteiger partial charge in [-0.3, -0.25) is 0 Å². The summed E-state index contributed by atoms with van der Waals surface area (Å²) in [4.78, 5) is 4.90. The molecule has 9 heteroatoms. The molecule has 3 aliphatic heterocycles. The van der Waals surface area contributed by atoms with Crippen molar-refractivity contribution in [2.24, 2.45) is 4.99 Å². The van der Waals surface area contributed by atoms with Crippen LogP contribution in [-0.2, 0) is 0 Å². The van der Waals surface area contributed by atoms with Crippen molar-refractivity contribution < 1.29 is 9.84 Å². The van der Waals surface area contributed by atoms with E-state index in [0.29, 0.717) is 5.75 Å². The van der Waals surface area contributed by atoms with Gasteiger partial charge < -0.3 is 0 Å². The number of hydrogen-bond acceptors (Lipinski definition) is 7. The molecule has 0 spiro atoms. The van der Waals surface area contributed by atoms with Crippen LogP contribution in [0.4, 0.5) is 5.69 Å².